The van der Waals surface area contributed by atoms with Crippen molar-refractivity contribution in [3.8, 4) is 0 Å². The fourth-order valence-corrected chi connectivity index (χ4v) is 3.05. The number of aryl methyl sites for hydroxylation is 3. The molecule has 1 aliphatic rings. The van der Waals surface area contributed by atoms with Crippen LogP contribution in [-0.2, 0) is 4.79 Å². The fraction of sp³-hybridized carbons (Fsp3) is 0.214. The van der Waals surface area contributed by atoms with Crippen molar-refractivity contribution >= 4 is 33.5 Å². The molecule has 110 valence electrons. The number of benzene rings is 1. The van der Waals surface area contributed by atoms with Gasteiger partial charge in [-0.2, -0.15) is 4.40 Å². The number of carbonyl (C=O) groups excluding carboxylic acids is 1. The zero-order chi connectivity index (χ0) is 15.6. The summed E-state index contributed by atoms with van der Waals surface area (Å²) in [4.78, 5) is 21.5. The highest BCUT2D eigenvalue weighted by molar-refractivity contribution is 8.16. The highest BCUT2D eigenvalue weighted by Crippen LogP contribution is 2.29. The quantitative estimate of drug-likeness (QED) is 0.733. The van der Waals surface area contributed by atoms with Gasteiger partial charge in [-0.05, 0) is 31.9 Å². The van der Waals surface area contributed by atoms with Crippen molar-refractivity contribution in [3.05, 3.63) is 39.9 Å². The van der Waals surface area contributed by atoms with Gasteiger partial charge in [0.1, 0.15) is 0 Å². The fourth-order valence-electron chi connectivity index (χ4n) is 2.18. The molecule has 7 heteroatoms. The number of hydrogen-bond acceptors (Lipinski definition) is 4. The number of carbonyl (C=O) groups is 1. The van der Waals surface area contributed by atoms with Crippen LogP contribution in [0.4, 0.5) is 10.5 Å². The molecule has 1 aromatic rings. The number of hydrogen-bond donors (Lipinski definition) is 3. The van der Waals surface area contributed by atoms with E-state index in [9.17, 15) is 9.59 Å². The molecule has 2 rings (SSSR count). The van der Waals surface area contributed by atoms with Gasteiger partial charge in [0, 0.05) is 21.8 Å². The Morgan fingerprint density at radius 3 is 2.43 bits per heavy atom. The summed E-state index contributed by atoms with van der Waals surface area (Å²) >= 11 is 0. The predicted octanol–water partition coefficient (Wildman–Crippen LogP) is 2.80. The van der Waals surface area contributed by atoms with E-state index in [4.69, 9.17) is 5.11 Å². The molecule has 1 unspecified atom stereocenters. The molecule has 21 heavy (non-hydrogen) atoms. The molecule has 1 atom stereocenters. The molecule has 0 fully saturated rings. The van der Waals surface area contributed by atoms with Crippen molar-refractivity contribution in [2.24, 2.45) is 4.40 Å². The summed E-state index contributed by atoms with van der Waals surface area (Å²) in [5.41, 5.74) is 4.56. The highest BCUT2D eigenvalue weighted by atomic mass is 32.2. The van der Waals surface area contributed by atoms with Crippen molar-refractivity contribution in [1.82, 2.24) is 5.32 Å². The van der Waals surface area contributed by atoms with Crippen LogP contribution in [-0.4, -0.2) is 22.3 Å². The number of rotatable bonds is 2. The van der Waals surface area contributed by atoms with Gasteiger partial charge in [-0.25, -0.2) is 9.59 Å². The number of amidine groups is 1. The lowest BCUT2D eigenvalue weighted by Crippen LogP contribution is -2.31. The number of nitrogens with zero attached hydrogens (tertiary/aromatic N) is 1. The Morgan fingerprint density at radius 1 is 1.29 bits per heavy atom. The van der Waals surface area contributed by atoms with Crippen LogP contribution >= 0.6 is 10.7 Å². The Morgan fingerprint density at radius 2 is 1.90 bits per heavy atom. The second kappa shape index (κ2) is 5.95. The number of carboxylic acid groups (broad SMARTS) is 1. The van der Waals surface area contributed by atoms with Crippen LogP contribution in [0.25, 0.3) is 0 Å². The molecular formula is C14H15N3O3S. The topological polar surface area (TPSA) is 90.8 Å². The molecule has 0 aromatic heterocycles. The SMILES string of the molecule is Cc1cc(C)c(NC2=CS(=C=O)N=C2NC(=O)O)c(C)c1. The molecule has 0 bridgehead atoms. The summed E-state index contributed by atoms with van der Waals surface area (Å²) < 4.78 is 3.97. The van der Waals surface area contributed by atoms with Crippen LogP contribution in [0.5, 0.6) is 0 Å². The predicted molar refractivity (Wildman–Crippen MR) is 84.2 cm³/mol. The Labute approximate surface area is 124 Å². The molecule has 6 nitrogen and oxygen atoms in total. The molecule has 0 spiro atoms. The van der Waals surface area contributed by atoms with Crippen LogP contribution in [0.2, 0.25) is 0 Å². The van der Waals surface area contributed by atoms with E-state index in [0.717, 1.165) is 22.4 Å². The highest BCUT2D eigenvalue weighted by Gasteiger charge is 2.19. The number of amides is 1. The van der Waals surface area contributed by atoms with Gasteiger partial charge in [0.15, 0.2) is 11.1 Å². The summed E-state index contributed by atoms with van der Waals surface area (Å²) in [6.07, 6.45) is -1.23. The second-order valence-electron chi connectivity index (χ2n) is 4.70. The number of nitrogens with one attached hydrogen (secondary N) is 2. The van der Waals surface area contributed by atoms with E-state index in [0.29, 0.717) is 5.70 Å². The summed E-state index contributed by atoms with van der Waals surface area (Å²) in [6.45, 7) is 5.94. The number of anilines is 1. The Kier molecular flexibility index (Phi) is 4.26. The lowest BCUT2D eigenvalue weighted by molar-refractivity contribution is 0.200. The minimum Gasteiger partial charge on any atom is -0.465 e. The van der Waals surface area contributed by atoms with Gasteiger partial charge in [-0.3, -0.25) is 5.32 Å². The third-order valence-corrected chi connectivity index (χ3v) is 3.93. The molecular weight excluding hydrogens is 290 g/mol. The van der Waals surface area contributed by atoms with Crippen molar-refractivity contribution in [1.29, 1.82) is 0 Å². The first-order valence-corrected chi connectivity index (χ1v) is 7.42. The standard InChI is InChI=1S/C14H15N3O3S/c1-8-4-9(2)12(10(3)5-8)15-11-6-21(7-18)17-13(11)16-14(19)20/h4-6,15H,1-3H3,(H,16,17)(H,19,20). The van der Waals surface area contributed by atoms with Crippen LogP contribution in [0.3, 0.4) is 0 Å². The average molecular weight is 305 g/mol. The van der Waals surface area contributed by atoms with Crippen molar-refractivity contribution < 1.29 is 14.7 Å². The van der Waals surface area contributed by atoms with E-state index in [1.165, 1.54) is 0 Å². The van der Waals surface area contributed by atoms with Gasteiger partial charge >= 0.3 is 6.09 Å². The minimum absolute atomic E-state index is 0.133. The van der Waals surface area contributed by atoms with E-state index in [-0.39, 0.29) is 5.84 Å². The Hall–Kier alpha value is -2.37. The minimum atomic E-state index is -1.23. The maximum Gasteiger partial charge on any atom is 0.410 e. The van der Waals surface area contributed by atoms with Gasteiger partial charge in [-0.15, -0.1) is 0 Å². The average Bonchev–Trinajstić information content (AvgIpc) is 2.75. The zero-order valence-corrected chi connectivity index (χ0v) is 12.7. The Balaban J connectivity index is 2.37. The summed E-state index contributed by atoms with van der Waals surface area (Å²) in [6, 6.07) is 4.05. The molecule has 1 aromatic carbocycles. The monoisotopic (exact) mass is 305 g/mol. The van der Waals surface area contributed by atoms with Crippen LogP contribution in [0.1, 0.15) is 16.7 Å². The van der Waals surface area contributed by atoms with Crippen molar-refractivity contribution in [2.45, 2.75) is 20.8 Å². The van der Waals surface area contributed by atoms with Gasteiger partial charge in [0.2, 0.25) is 0 Å². The van der Waals surface area contributed by atoms with Gasteiger partial charge in [0.05, 0.1) is 5.70 Å². The van der Waals surface area contributed by atoms with Crippen molar-refractivity contribution in [2.75, 3.05) is 5.32 Å². The van der Waals surface area contributed by atoms with E-state index in [1.54, 1.807) is 10.6 Å². The molecule has 0 saturated carbocycles. The summed E-state index contributed by atoms with van der Waals surface area (Å²) in [7, 11) is -1.07. The zero-order valence-electron chi connectivity index (χ0n) is 11.9. The van der Waals surface area contributed by atoms with Gasteiger partial charge in [-0.1, -0.05) is 17.7 Å². The van der Waals surface area contributed by atoms with E-state index < -0.39 is 16.8 Å². The van der Waals surface area contributed by atoms with Gasteiger partial charge < -0.3 is 10.4 Å². The van der Waals surface area contributed by atoms with Crippen LogP contribution in [0, 0.1) is 20.8 Å². The smallest absolute Gasteiger partial charge is 0.410 e. The summed E-state index contributed by atoms with van der Waals surface area (Å²) in [5.74, 6) is 0.133. The molecule has 1 aliphatic heterocycles. The van der Waals surface area contributed by atoms with Crippen molar-refractivity contribution in [3.63, 3.8) is 0 Å². The lowest BCUT2D eigenvalue weighted by Gasteiger charge is -2.15. The van der Waals surface area contributed by atoms with E-state index >= 15 is 0 Å². The molecule has 0 aliphatic carbocycles. The maximum atomic E-state index is 10.8. The molecule has 1 heterocycles. The molecule has 0 saturated heterocycles. The normalized spacial score (nSPS) is 16.8. The largest absolute Gasteiger partial charge is 0.465 e. The second-order valence-corrected chi connectivity index (χ2v) is 5.91. The maximum absolute atomic E-state index is 10.8. The van der Waals surface area contributed by atoms with Crippen LogP contribution < -0.4 is 10.6 Å². The van der Waals surface area contributed by atoms with Gasteiger partial charge in [0.25, 0.3) is 0 Å². The lowest BCUT2D eigenvalue weighted by atomic mass is 10.0. The molecule has 3 N–H and O–H groups in total. The third kappa shape index (κ3) is 3.39. The first kappa shape index (κ1) is 15.0. The molecule has 0 radical (unpaired) electrons. The first-order chi connectivity index (χ1) is 9.90. The van der Waals surface area contributed by atoms with E-state index in [1.807, 2.05) is 32.9 Å². The Bertz CT molecular complexity index is 708. The summed E-state index contributed by atoms with van der Waals surface area (Å²) in [5, 5.41) is 17.5. The van der Waals surface area contributed by atoms with E-state index in [2.05, 4.69) is 15.0 Å². The van der Waals surface area contributed by atoms with Crippen LogP contribution in [0.15, 0.2) is 27.6 Å². The third-order valence-electron chi connectivity index (χ3n) is 2.92. The molecule has 1 amide bonds. The first-order valence-electron chi connectivity index (χ1n) is 6.17.